The molecule has 1 N–H and O–H groups in total. The Kier molecular flexibility index (Phi) is 3.67. The van der Waals surface area contributed by atoms with Gasteiger partial charge < -0.3 is 10.2 Å². The van der Waals surface area contributed by atoms with Gasteiger partial charge in [0.2, 0.25) is 0 Å². The lowest BCUT2D eigenvalue weighted by atomic mass is 9.73. The summed E-state index contributed by atoms with van der Waals surface area (Å²) >= 11 is 1.91. The van der Waals surface area contributed by atoms with Gasteiger partial charge in [-0.3, -0.25) is 0 Å². The monoisotopic (exact) mass is 279 g/mol. The highest BCUT2D eigenvalue weighted by atomic mass is 32.1. The van der Waals surface area contributed by atoms with E-state index in [1.54, 1.807) is 0 Å². The summed E-state index contributed by atoms with van der Waals surface area (Å²) in [5.74, 6) is 0.772. The van der Waals surface area contributed by atoms with Crippen molar-refractivity contribution < 1.29 is 0 Å². The number of nitrogens with zero attached hydrogens (tertiary/aromatic N) is 2. The largest absolute Gasteiger partial charge is 0.304 e. The zero-order valence-corrected chi connectivity index (χ0v) is 13.1. The number of aromatic nitrogens is 1. The Morgan fingerprint density at radius 1 is 1.37 bits per heavy atom. The van der Waals surface area contributed by atoms with Gasteiger partial charge in [-0.15, -0.1) is 11.3 Å². The number of hydrogen-bond donors (Lipinski definition) is 1. The minimum Gasteiger partial charge on any atom is -0.304 e. The molecule has 3 aliphatic rings. The molecule has 0 aliphatic carbocycles. The quantitative estimate of drug-likeness (QED) is 0.918. The van der Waals surface area contributed by atoms with Crippen molar-refractivity contribution in [2.24, 2.45) is 5.92 Å². The molecule has 4 rings (SSSR count). The van der Waals surface area contributed by atoms with Crippen molar-refractivity contribution in [3.05, 3.63) is 15.6 Å². The Hall–Kier alpha value is -0.450. The lowest BCUT2D eigenvalue weighted by Gasteiger charge is -2.52. The zero-order chi connectivity index (χ0) is 13.5. The van der Waals surface area contributed by atoms with E-state index in [4.69, 9.17) is 4.98 Å². The smallest absolute Gasteiger partial charge is 0.115 e. The fourth-order valence-electron chi connectivity index (χ4n) is 3.60. The number of aryl methyl sites for hydroxylation is 2. The predicted octanol–water partition coefficient (Wildman–Crippen LogP) is 2.68. The molecule has 0 radical (unpaired) electrons. The summed E-state index contributed by atoms with van der Waals surface area (Å²) in [6.45, 7) is 11.4. The number of fused-ring (bicyclic) bond motifs is 3. The lowest BCUT2D eigenvalue weighted by Crippen LogP contribution is -2.63. The molecule has 19 heavy (non-hydrogen) atoms. The van der Waals surface area contributed by atoms with Crippen LogP contribution >= 0.6 is 11.3 Å². The van der Waals surface area contributed by atoms with Crippen LogP contribution in [0.5, 0.6) is 0 Å². The Balaban J connectivity index is 1.96. The van der Waals surface area contributed by atoms with Gasteiger partial charge in [0.1, 0.15) is 5.01 Å². The van der Waals surface area contributed by atoms with Crippen molar-refractivity contribution in [1.82, 2.24) is 15.2 Å². The van der Waals surface area contributed by atoms with Crippen molar-refractivity contribution in [2.45, 2.75) is 45.6 Å². The van der Waals surface area contributed by atoms with Crippen LogP contribution in [-0.4, -0.2) is 36.1 Å². The van der Waals surface area contributed by atoms with Crippen LogP contribution in [0.2, 0.25) is 0 Å². The SMILES string of the molecule is CCCNC1(c2nc(C)c(C)s2)CN2CCC1CC2. The van der Waals surface area contributed by atoms with Gasteiger partial charge in [-0.25, -0.2) is 4.98 Å². The molecule has 0 saturated carbocycles. The number of nitrogens with one attached hydrogen (secondary N) is 1. The molecule has 2 bridgehead atoms. The van der Waals surface area contributed by atoms with Gasteiger partial charge in [0.15, 0.2) is 0 Å². The van der Waals surface area contributed by atoms with Crippen LogP contribution in [0, 0.1) is 19.8 Å². The van der Waals surface area contributed by atoms with E-state index in [0.29, 0.717) is 0 Å². The van der Waals surface area contributed by atoms with Crippen LogP contribution in [0.3, 0.4) is 0 Å². The van der Waals surface area contributed by atoms with E-state index < -0.39 is 0 Å². The highest BCUT2D eigenvalue weighted by molar-refractivity contribution is 7.11. The molecule has 1 aromatic heterocycles. The van der Waals surface area contributed by atoms with Crippen molar-refractivity contribution in [2.75, 3.05) is 26.2 Å². The fraction of sp³-hybridized carbons (Fsp3) is 0.800. The highest BCUT2D eigenvalue weighted by Gasteiger charge is 2.49. The summed E-state index contributed by atoms with van der Waals surface area (Å²) < 4.78 is 0. The summed E-state index contributed by atoms with van der Waals surface area (Å²) in [7, 11) is 0. The third-order valence-electron chi connectivity index (χ3n) is 4.86. The van der Waals surface area contributed by atoms with Crippen molar-refractivity contribution in [1.29, 1.82) is 0 Å². The average molecular weight is 279 g/mol. The first-order valence-electron chi connectivity index (χ1n) is 7.57. The van der Waals surface area contributed by atoms with Crippen molar-refractivity contribution >= 4 is 11.3 Å². The number of rotatable bonds is 4. The van der Waals surface area contributed by atoms with Crippen LogP contribution in [0.1, 0.15) is 41.8 Å². The third-order valence-corrected chi connectivity index (χ3v) is 6.11. The number of thiazole rings is 1. The molecule has 1 unspecified atom stereocenters. The Morgan fingerprint density at radius 3 is 2.58 bits per heavy atom. The van der Waals surface area contributed by atoms with Gasteiger partial charge >= 0.3 is 0 Å². The van der Waals surface area contributed by atoms with Crippen LogP contribution in [-0.2, 0) is 5.54 Å². The van der Waals surface area contributed by atoms with E-state index in [-0.39, 0.29) is 5.54 Å². The Bertz CT molecular complexity index is 429. The predicted molar refractivity (Wildman–Crippen MR) is 80.7 cm³/mol. The summed E-state index contributed by atoms with van der Waals surface area (Å²) in [6, 6.07) is 0. The molecule has 1 aromatic rings. The maximum Gasteiger partial charge on any atom is 0.115 e. The maximum atomic E-state index is 4.91. The lowest BCUT2D eigenvalue weighted by molar-refractivity contribution is 0.00315. The average Bonchev–Trinajstić information content (AvgIpc) is 2.78. The van der Waals surface area contributed by atoms with Gasteiger partial charge in [0.05, 0.1) is 11.2 Å². The summed E-state index contributed by atoms with van der Waals surface area (Å²) in [5, 5.41) is 5.22. The minimum atomic E-state index is 0.135. The van der Waals surface area contributed by atoms with E-state index in [1.807, 2.05) is 11.3 Å². The van der Waals surface area contributed by atoms with Crippen LogP contribution in [0.25, 0.3) is 0 Å². The molecule has 3 nitrogen and oxygen atoms in total. The van der Waals surface area contributed by atoms with E-state index in [0.717, 1.165) is 19.0 Å². The van der Waals surface area contributed by atoms with Gasteiger partial charge in [0.25, 0.3) is 0 Å². The van der Waals surface area contributed by atoms with E-state index >= 15 is 0 Å². The number of piperidine rings is 3. The van der Waals surface area contributed by atoms with Crippen LogP contribution in [0.4, 0.5) is 0 Å². The molecule has 4 heteroatoms. The van der Waals surface area contributed by atoms with E-state index in [9.17, 15) is 0 Å². The second-order valence-electron chi connectivity index (χ2n) is 6.11. The molecule has 3 fully saturated rings. The maximum absolute atomic E-state index is 4.91. The molecular formula is C15H25N3S. The van der Waals surface area contributed by atoms with Crippen LogP contribution < -0.4 is 5.32 Å². The first-order chi connectivity index (χ1) is 9.15. The molecule has 1 atom stereocenters. The summed E-state index contributed by atoms with van der Waals surface area (Å²) in [5.41, 5.74) is 1.35. The molecule has 0 aromatic carbocycles. The topological polar surface area (TPSA) is 28.2 Å². The molecule has 4 heterocycles. The first kappa shape index (κ1) is 13.5. The van der Waals surface area contributed by atoms with Gasteiger partial charge in [0, 0.05) is 11.4 Å². The highest BCUT2D eigenvalue weighted by Crippen LogP contribution is 2.44. The normalized spacial score (nSPS) is 33.8. The Labute approximate surface area is 120 Å². The number of hydrogen-bond acceptors (Lipinski definition) is 4. The zero-order valence-electron chi connectivity index (χ0n) is 12.3. The first-order valence-corrected chi connectivity index (χ1v) is 8.39. The van der Waals surface area contributed by atoms with E-state index in [2.05, 4.69) is 31.0 Å². The Morgan fingerprint density at radius 2 is 2.11 bits per heavy atom. The van der Waals surface area contributed by atoms with Gasteiger partial charge in [-0.1, -0.05) is 6.92 Å². The summed E-state index contributed by atoms with van der Waals surface area (Å²) in [6.07, 6.45) is 3.85. The van der Waals surface area contributed by atoms with Gasteiger partial charge in [-0.05, 0) is 58.7 Å². The van der Waals surface area contributed by atoms with Gasteiger partial charge in [-0.2, -0.15) is 0 Å². The van der Waals surface area contributed by atoms with Crippen molar-refractivity contribution in [3.8, 4) is 0 Å². The second-order valence-corrected chi connectivity index (χ2v) is 7.31. The molecule has 0 amide bonds. The fourth-order valence-corrected chi connectivity index (χ4v) is 4.75. The molecule has 3 saturated heterocycles. The molecule has 3 aliphatic heterocycles. The standard InChI is InChI=1S/C15H25N3S/c1-4-7-16-15(14-17-11(2)12(3)19-14)10-18-8-5-13(15)6-9-18/h13,16H,4-10H2,1-3H3. The minimum absolute atomic E-state index is 0.135. The van der Waals surface area contributed by atoms with Crippen molar-refractivity contribution in [3.63, 3.8) is 0 Å². The van der Waals surface area contributed by atoms with E-state index in [1.165, 1.54) is 47.9 Å². The molecule has 0 spiro atoms. The molecular weight excluding hydrogens is 254 g/mol. The summed E-state index contributed by atoms with van der Waals surface area (Å²) in [4.78, 5) is 8.91. The second kappa shape index (κ2) is 5.15. The third kappa shape index (κ3) is 2.24. The van der Waals surface area contributed by atoms with Crippen LogP contribution in [0.15, 0.2) is 0 Å². The molecule has 106 valence electrons.